The van der Waals surface area contributed by atoms with Crippen LogP contribution in [0, 0.1) is 0 Å². The third kappa shape index (κ3) is 3.94. The van der Waals surface area contributed by atoms with Crippen LogP contribution in [0.5, 0.6) is 0 Å². The van der Waals surface area contributed by atoms with Crippen molar-refractivity contribution in [2.75, 3.05) is 0 Å². The van der Waals surface area contributed by atoms with Crippen molar-refractivity contribution in [3.05, 3.63) is 58.3 Å². The molecule has 0 saturated carbocycles. The minimum Gasteiger partial charge on any atom is -0.313 e. The lowest BCUT2D eigenvalue weighted by atomic mass is 10.2. The van der Waals surface area contributed by atoms with Crippen molar-refractivity contribution >= 4 is 41.4 Å². The van der Waals surface area contributed by atoms with E-state index in [0.29, 0.717) is 15.9 Å². The Kier molecular flexibility index (Phi) is 5.32. The van der Waals surface area contributed by atoms with E-state index in [9.17, 15) is 9.59 Å². The Morgan fingerprint density at radius 2 is 1.73 bits per heavy atom. The van der Waals surface area contributed by atoms with Gasteiger partial charge in [0.05, 0.1) is 0 Å². The summed E-state index contributed by atoms with van der Waals surface area (Å²) in [5.41, 5.74) is 0.389. The molecular formula is C14H12Cl2N4O2. The number of aromatic nitrogens is 1. The number of amides is 2. The Bertz CT molecular complexity index is 693. The van der Waals surface area contributed by atoms with Crippen LogP contribution >= 0.6 is 23.2 Å². The van der Waals surface area contributed by atoms with Crippen LogP contribution in [0.25, 0.3) is 0 Å². The zero-order valence-electron chi connectivity index (χ0n) is 11.3. The van der Waals surface area contributed by atoms with Crippen molar-refractivity contribution in [3.63, 3.8) is 0 Å². The molecule has 2 amide bonds. The van der Waals surface area contributed by atoms with Crippen molar-refractivity contribution < 1.29 is 9.59 Å². The fraction of sp³-hybridized carbons (Fsp3) is 0.0714. The highest BCUT2D eigenvalue weighted by Crippen LogP contribution is 2.18. The monoisotopic (exact) mass is 338 g/mol. The van der Waals surface area contributed by atoms with Gasteiger partial charge in [0.2, 0.25) is 0 Å². The molecule has 1 heterocycles. The van der Waals surface area contributed by atoms with E-state index in [1.807, 2.05) is 0 Å². The summed E-state index contributed by atoms with van der Waals surface area (Å²) in [5.74, 6) is 4.53. The first-order chi connectivity index (χ1) is 10.5. The second kappa shape index (κ2) is 7.22. The molecule has 2 N–H and O–H groups in total. The maximum Gasteiger partial charge on any atom is 0.273 e. The largest absolute Gasteiger partial charge is 0.313 e. The lowest BCUT2D eigenvalue weighted by Crippen LogP contribution is -2.36. The molecule has 1 aromatic carbocycles. The van der Waals surface area contributed by atoms with Crippen molar-refractivity contribution in [1.82, 2.24) is 9.58 Å². The van der Waals surface area contributed by atoms with Crippen LogP contribution in [-0.4, -0.2) is 27.7 Å². The van der Waals surface area contributed by atoms with Gasteiger partial charge < -0.3 is 4.57 Å². The molecule has 2 aromatic rings. The third-order valence-corrected chi connectivity index (χ3v) is 3.41. The van der Waals surface area contributed by atoms with Gasteiger partial charge in [-0.25, -0.2) is 15.8 Å². The Morgan fingerprint density at radius 1 is 1.14 bits per heavy atom. The van der Waals surface area contributed by atoms with Crippen molar-refractivity contribution in [3.8, 4) is 0 Å². The zero-order chi connectivity index (χ0) is 16.1. The number of rotatable bonds is 4. The predicted molar refractivity (Wildman–Crippen MR) is 84.7 cm³/mol. The highest BCUT2D eigenvalue weighted by molar-refractivity contribution is 6.33. The molecule has 0 radical (unpaired) electrons. The number of hydrogen-bond donors (Lipinski definition) is 1. The van der Waals surface area contributed by atoms with Crippen LogP contribution in [0.2, 0.25) is 10.3 Å². The van der Waals surface area contributed by atoms with Crippen LogP contribution in [-0.2, 0) is 11.3 Å². The van der Waals surface area contributed by atoms with Gasteiger partial charge in [0.1, 0.15) is 23.2 Å². The summed E-state index contributed by atoms with van der Waals surface area (Å²) in [6.45, 7) is -0.144. The number of benzene rings is 1. The van der Waals surface area contributed by atoms with E-state index in [2.05, 4.69) is 4.99 Å². The van der Waals surface area contributed by atoms with E-state index >= 15 is 0 Å². The number of carbonyl (C=O) groups is 2. The zero-order valence-corrected chi connectivity index (χ0v) is 12.8. The maximum absolute atomic E-state index is 11.9. The summed E-state index contributed by atoms with van der Waals surface area (Å²) < 4.78 is 1.38. The molecule has 0 aliphatic carbocycles. The van der Waals surface area contributed by atoms with Gasteiger partial charge in [0.15, 0.2) is 0 Å². The first-order valence-corrected chi connectivity index (χ1v) is 6.95. The molecule has 2 rings (SSSR count). The second-order valence-electron chi connectivity index (χ2n) is 4.28. The average Bonchev–Trinajstić information content (AvgIpc) is 2.84. The smallest absolute Gasteiger partial charge is 0.273 e. The SMILES string of the molecule is NN(C=NC(=O)Cn1c(Cl)ccc1Cl)C(=O)c1ccccc1. The molecule has 0 aliphatic heterocycles. The van der Waals surface area contributed by atoms with Crippen LogP contribution in [0.3, 0.4) is 0 Å². The van der Waals surface area contributed by atoms with E-state index < -0.39 is 11.8 Å². The first-order valence-electron chi connectivity index (χ1n) is 6.20. The topological polar surface area (TPSA) is 80.7 Å². The predicted octanol–water partition coefficient (Wildman–Crippen LogP) is 2.37. The molecule has 114 valence electrons. The lowest BCUT2D eigenvalue weighted by molar-refractivity contribution is -0.118. The minimum atomic E-state index is -0.545. The number of hydrazine groups is 1. The quantitative estimate of drug-likeness (QED) is 0.305. The molecule has 22 heavy (non-hydrogen) atoms. The molecule has 6 nitrogen and oxygen atoms in total. The summed E-state index contributed by atoms with van der Waals surface area (Å²) in [6, 6.07) is 11.5. The average molecular weight is 339 g/mol. The Labute approximate surface area is 136 Å². The highest BCUT2D eigenvalue weighted by Gasteiger charge is 2.11. The standard InChI is InChI=1S/C14H12Cl2N4O2/c15-11-6-7-12(16)19(11)8-13(21)18-9-20(17)14(22)10-4-2-1-3-5-10/h1-7,9H,8,17H2. The molecule has 1 aromatic heterocycles. The van der Waals surface area contributed by atoms with Crippen LogP contribution in [0.1, 0.15) is 10.4 Å². The lowest BCUT2D eigenvalue weighted by Gasteiger charge is -2.10. The normalized spacial score (nSPS) is 10.9. The summed E-state index contributed by atoms with van der Waals surface area (Å²) >= 11 is 11.7. The highest BCUT2D eigenvalue weighted by atomic mass is 35.5. The van der Waals surface area contributed by atoms with Gasteiger partial charge in [-0.3, -0.25) is 9.59 Å². The third-order valence-electron chi connectivity index (χ3n) is 2.75. The number of nitrogens with two attached hydrogens (primary N) is 1. The summed E-state index contributed by atoms with van der Waals surface area (Å²) in [4.78, 5) is 27.3. The first kappa shape index (κ1) is 16.2. The Hall–Kier alpha value is -2.15. The van der Waals surface area contributed by atoms with Gasteiger partial charge in [-0.1, -0.05) is 41.4 Å². The van der Waals surface area contributed by atoms with Crippen molar-refractivity contribution in [2.45, 2.75) is 6.54 Å². The van der Waals surface area contributed by atoms with E-state index in [1.165, 1.54) is 4.57 Å². The van der Waals surface area contributed by atoms with Gasteiger partial charge in [-0.05, 0) is 24.3 Å². The van der Waals surface area contributed by atoms with Crippen LogP contribution < -0.4 is 5.84 Å². The number of carbonyl (C=O) groups excluding carboxylic acids is 2. The van der Waals surface area contributed by atoms with Gasteiger partial charge in [0.25, 0.3) is 11.8 Å². The van der Waals surface area contributed by atoms with E-state index in [4.69, 9.17) is 29.0 Å². The molecule has 0 fully saturated rings. The molecule has 8 heteroatoms. The maximum atomic E-state index is 11.9. The molecule has 0 atom stereocenters. The minimum absolute atomic E-state index is 0.144. The van der Waals surface area contributed by atoms with E-state index in [0.717, 1.165) is 11.3 Å². The number of hydrogen-bond acceptors (Lipinski definition) is 3. The summed E-state index contributed by atoms with van der Waals surface area (Å²) in [6.07, 6.45) is 0.961. The van der Waals surface area contributed by atoms with Crippen molar-refractivity contribution in [2.24, 2.45) is 10.8 Å². The number of nitrogens with zero attached hydrogens (tertiary/aromatic N) is 3. The van der Waals surface area contributed by atoms with Gasteiger partial charge in [-0.15, -0.1) is 0 Å². The molecule has 0 saturated heterocycles. The second-order valence-corrected chi connectivity index (χ2v) is 5.06. The van der Waals surface area contributed by atoms with Crippen LogP contribution in [0.15, 0.2) is 47.5 Å². The summed E-state index contributed by atoms with van der Waals surface area (Å²) in [7, 11) is 0. The van der Waals surface area contributed by atoms with Crippen LogP contribution in [0.4, 0.5) is 0 Å². The molecular weight excluding hydrogens is 327 g/mol. The Morgan fingerprint density at radius 3 is 2.32 bits per heavy atom. The molecule has 0 unspecified atom stereocenters. The molecule has 0 spiro atoms. The number of halogens is 2. The van der Waals surface area contributed by atoms with Gasteiger partial charge in [-0.2, -0.15) is 0 Å². The van der Waals surface area contributed by atoms with Gasteiger partial charge >= 0.3 is 0 Å². The van der Waals surface area contributed by atoms with E-state index in [1.54, 1.807) is 42.5 Å². The molecule has 0 aliphatic rings. The number of aliphatic imine (C=N–C) groups is 1. The summed E-state index contributed by atoms with van der Waals surface area (Å²) in [5, 5.41) is 1.38. The van der Waals surface area contributed by atoms with Crippen molar-refractivity contribution in [1.29, 1.82) is 0 Å². The molecule has 0 bridgehead atoms. The fourth-order valence-corrected chi connectivity index (χ4v) is 2.13. The van der Waals surface area contributed by atoms with Gasteiger partial charge in [0, 0.05) is 5.56 Å². The fourth-order valence-electron chi connectivity index (χ4n) is 1.66. The van der Waals surface area contributed by atoms with E-state index in [-0.39, 0.29) is 6.54 Å². The Balaban J connectivity index is 1.99.